The normalized spacial score (nSPS) is 11.2. The first-order chi connectivity index (χ1) is 12.1. The number of rotatable bonds is 7. The zero-order valence-corrected chi connectivity index (χ0v) is 15.3. The monoisotopic (exact) mass is 355 g/mol. The highest BCUT2D eigenvalue weighted by atomic mass is 35.5. The van der Waals surface area contributed by atoms with Crippen LogP contribution in [0.15, 0.2) is 53.1 Å². The highest BCUT2D eigenvalue weighted by molar-refractivity contribution is 6.31. The molecule has 5 heteroatoms. The molecule has 0 N–H and O–H groups in total. The summed E-state index contributed by atoms with van der Waals surface area (Å²) < 4.78 is 5.38. The van der Waals surface area contributed by atoms with E-state index in [0.717, 1.165) is 23.6 Å². The van der Waals surface area contributed by atoms with Gasteiger partial charge < -0.3 is 4.52 Å². The second kappa shape index (κ2) is 8.28. The molecule has 1 aromatic heterocycles. The van der Waals surface area contributed by atoms with E-state index in [1.165, 1.54) is 11.1 Å². The number of nitrogens with zero attached hydrogens (tertiary/aromatic N) is 3. The van der Waals surface area contributed by atoms with E-state index in [2.05, 4.69) is 46.2 Å². The molecule has 0 radical (unpaired) electrons. The minimum atomic E-state index is 0.575. The van der Waals surface area contributed by atoms with Crippen LogP contribution in [-0.2, 0) is 25.9 Å². The Morgan fingerprint density at radius 3 is 2.44 bits per heavy atom. The van der Waals surface area contributed by atoms with Crippen molar-refractivity contribution < 1.29 is 4.52 Å². The van der Waals surface area contributed by atoms with Gasteiger partial charge in [0.05, 0.1) is 6.54 Å². The summed E-state index contributed by atoms with van der Waals surface area (Å²) >= 11 is 6.18. The minimum absolute atomic E-state index is 0.575. The van der Waals surface area contributed by atoms with E-state index < -0.39 is 0 Å². The first kappa shape index (κ1) is 17.6. The highest BCUT2D eigenvalue weighted by Crippen LogP contribution is 2.18. The van der Waals surface area contributed by atoms with Crippen LogP contribution in [0.3, 0.4) is 0 Å². The Labute approximate surface area is 153 Å². The van der Waals surface area contributed by atoms with Crippen LogP contribution in [0.2, 0.25) is 5.02 Å². The summed E-state index contributed by atoms with van der Waals surface area (Å²) in [6, 6.07) is 16.4. The van der Waals surface area contributed by atoms with Gasteiger partial charge in [0.1, 0.15) is 0 Å². The molecule has 1 heterocycles. The van der Waals surface area contributed by atoms with Gasteiger partial charge in [-0.15, -0.1) is 0 Å². The van der Waals surface area contributed by atoms with Crippen LogP contribution in [0.4, 0.5) is 0 Å². The lowest BCUT2D eigenvalue weighted by Gasteiger charge is -2.14. The van der Waals surface area contributed by atoms with Crippen LogP contribution in [0.5, 0.6) is 0 Å². The van der Waals surface area contributed by atoms with Gasteiger partial charge in [-0.25, -0.2) is 0 Å². The van der Waals surface area contributed by atoms with Gasteiger partial charge >= 0.3 is 0 Å². The van der Waals surface area contributed by atoms with Crippen LogP contribution < -0.4 is 0 Å². The molecule has 2 aromatic carbocycles. The van der Waals surface area contributed by atoms with Gasteiger partial charge in [-0.2, -0.15) is 4.98 Å². The molecule has 0 unspecified atom stereocenters. The van der Waals surface area contributed by atoms with E-state index in [1.54, 1.807) is 0 Å². The lowest BCUT2D eigenvalue weighted by molar-refractivity contribution is 0.260. The second-order valence-electron chi connectivity index (χ2n) is 6.21. The fourth-order valence-electron chi connectivity index (χ4n) is 2.72. The Kier molecular flexibility index (Phi) is 5.84. The molecule has 3 aromatic rings. The van der Waals surface area contributed by atoms with E-state index in [9.17, 15) is 0 Å². The lowest BCUT2D eigenvalue weighted by Crippen LogP contribution is -2.17. The summed E-state index contributed by atoms with van der Waals surface area (Å²) in [5, 5.41) is 4.79. The maximum atomic E-state index is 6.18. The molecule has 0 saturated carbocycles. The Bertz CT molecular complexity index is 814. The van der Waals surface area contributed by atoms with Gasteiger partial charge in [0.2, 0.25) is 5.89 Å². The fraction of sp³-hybridized carbons (Fsp3) is 0.300. The summed E-state index contributed by atoms with van der Waals surface area (Å²) in [5.74, 6) is 1.28. The number of halogens is 1. The minimum Gasteiger partial charge on any atom is -0.338 e. The SMILES string of the molecule is CCc1ccc(CN(C)Cc2nc(Cc3ccccc3Cl)no2)cc1. The van der Waals surface area contributed by atoms with E-state index in [1.807, 2.05) is 31.3 Å². The molecule has 0 saturated heterocycles. The van der Waals surface area contributed by atoms with Crippen molar-refractivity contribution in [3.8, 4) is 0 Å². The van der Waals surface area contributed by atoms with Crippen LogP contribution in [0.25, 0.3) is 0 Å². The van der Waals surface area contributed by atoms with E-state index in [4.69, 9.17) is 16.1 Å². The molecule has 0 atom stereocenters. The first-order valence-corrected chi connectivity index (χ1v) is 8.83. The number of hydrogen-bond donors (Lipinski definition) is 0. The summed E-state index contributed by atoms with van der Waals surface area (Å²) in [5.41, 5.74) is 3.63. The molecule has 0 aliphatic rings. The third kappa shape index (κ3) is 4.91. The van der Waals surface area contributed by atoms with Crippen molar-refractivity contribution in [1.82, 2.24) is 15.0 Å². The van der Waals surface area contributed by atoms with Gasteiger partial charge in [0.25, 0.3) is 0 Å². The summed E-state index contributed by atoms with van der Waals surface area (Å²) in [6.45, 7) is 3.62. The number of hydrogen-bond acceptors (Lipinski definition) is 4. The van der Waals surface area contributed by atoms with Crippen LogP contribution in [0.1, 0.15) is 35.3 Å². The molecule has 3 rings (SSSR count). The number of benzene rings is 2. The molecule has 0 aliphatic carbocycles. The summed E-state index contributed by atoms with van der Waals surface area (Å²) in [6.07, 6.45) is 1.64. The van der Waals surface area contributed by atoms with Crippen molar-refractivity contribution in [2.24, 2.45) is 0 Å². The Morgan fingerprint density at radius 1 is 1.00 bits per heavy atom. The zero-order valence-electron chi connectivity index (χ0n) is 14.6. The quantitative estimate of drug-likeness (QED) is 0.625. The second-order valence-corrected chi connectivity index (χ2v) is 6.62. The van der Waals surface area contributed by atoms with E-state index >= 15 is 0 Å². The zero-order chi connectivity index (χ0) is 17.6. The Morgan fingerprint density at radius 2 is 1.72 bits per heavy atom. The molecular weight excluding hydrogens is 334 g/mol. The van der Waals surface area contributed by atoms with Gasteiger partial charge in [-0.3, -0.25) is 4.90 Å². The molecule has 0 fully saturated rings. The summed E-state index contributed by atoms with van der Waals surface area (Å²) in [7, 11) is 2.05. The maximum absolute atomic E-state index is 6.18. The third-order valence-corrected chi connectivity index (χ3v) is 4.47. The van der Waals surface area contributed by atoms with Crippen molar-refractivity contribution in [3.63, 3.8) is 0 Å². The van der Waals surface area contributed by atoms with Gasteiger partial charge in [-0.1, -0.05) is 66.1 Å². The maximum Gasteiger partial charge on any atom is 0.240 e. The van der Waals surface area contributed by atoms with Crippen LogP contribution in [0, 0.1) is 0 Å². The molecule has 0 bridgehead atoms. The van der Waals surface area contributed by atoms with Gasteiger partial charge in [0, 0.05) is 18.0 Å². The van der Waals surface area contributed by atoms with Crippen molar-refractivity contribution >= 4 is 11.6 Å². The Hall–Kier alpha value is -2.17. The molecule has 0 aliphatic heterocycles. The smallest absolute Gasteiger partial charge is 0.240 e. The third-order valence-electron chi connectivity index (χ3n) is 4.11. The molecule has 0 spiro atoms. The molecule has 25 heavy (non-hydrogen) atoms. The first-order valence-electron chi connectivity index (χ1n) is 8.45. The average Bonchev–Trinajstić information content (AvgIpc) is 3.04. The average molecular weight is 356 g/mol. The van der Waals surface area contributed by atoms with E-state index in [0.29, 0.717) is 24.7 Å². The molecule has 0 amide bonds. The van der Waals surface area contributed by atoms with Gasteiger partial charge in [-0.05, 0) is 36.2 Å². The van der Waals surface area contributed by atoms with Crippen molar-refractivity contribution in [2.75, 3.05) is 7.05 Å². The van der Waals surface area contributed by atoms with Crippen LogP contribution in [-0.4, -0.2) is 22.1 Å². The number of aryl methyl sites for hydroxylation is 1. The molecule has 4 nitrogen and oxygen atoms in total. The standard InChI is InChI=1S/C20H22ClN3O/c1-3-15-8-10-16(11-9-15)13-24(2)14-20-22-19(23-25-20)12-17-6-4-5-7-18(17)21/h4-11H,3,12-14H2,1-2H3. The Balaban J connectivity index is 1.57. The predicted octanol–water partition coefficient (Wildman–Crippen LogP) is 4.51. The van der Waals surface area contributed by atoms with Crippen molar-refractivity contribution in [2.45, 2.75) is 32.9 Å². The van der Waals surface area contributed by atoms with Crippen molar-refractivity contribution in [3.05, 3.63) is 82.0 Å². The summed E-state index contributed by atoms with van der Waals surface area (Å²) in [4.78, 5) is 6.64. The van der Waals surface area contributed by atoms with Crippen LogP contribution >= 0.6 is 11.6 Å². The topological polar surface area (TPSA) is 42.2 Å². The van der Waals surface area contributed by atoms with E-state index in [-0.39, 0.29) is 0 Å². The fourth-order valence-corrected chi connectivity index (χ4v) is 2.92. The molecule has 130 valence electrons. The van der Waals surface area contributed by atoms with Crippen molar-refractivity contribution in [1.29, 1.82) is 0 Å². The largest absolute Gasteiger partial charge is 0.338 e. The highest BCUT2D eigenvalue weighted by Gasteiger charge is 2.11. The molecular formula is C20H22ClN3O. The predicted molar refractivity (Wildman–Crippen MR) is 99.5 cm³/mol. The van der Waals surface area contributed by atoms with Gasteiger partial charge in [0.15, 0.2) is 5.82 Å². The lowest BCUT2D eigenvalue weighted by atomic mass is 10.1. The number of aromatic nitrogens is 2.